The van der Waals surface area contributed by atoms with Gasteiger partial charge in [-0.15, -0.1) is 0 Å². The van der Waals surface area contributed by atoms with E-state index in [4.69, 9.17) is 9.47 Å². The summed E-state index contributed by atoms with van der Waals surface area (Å²) in [6.07, 6.45) is 0. The van der Waals surface area contributed by atoms with E-state index in [1.54, 1.807) is 6.07 Å². The normalized spacial score (nSPS) is 9.53. The fourth-order valence-corrected chi connectivity index (χ4v) is 1.01. The van der Waals surface area contributed by atoms with Crippen LogP contribution in [0.2, 0.25) is 0 Å². The standard InChI is InChI=1S/C9H12BrN3O2/c1-6(10)5-11-9-12-7(14-2)4-8(13-9)15-3/h4H,1,5H2,2-3H3,(H,11,12,13). The molecule has 0 aliphatic rings. The van der Waals surface area contributed by atoms with E-state index in [0.717, 1.165) is 4.48 Å². The van der Waals surface area contributed by atoms with Crippen molar-refractivity contribution in [1.29, 1.82) is 0 Å². The van der Waals surface area contributed by atoms with Crippen molar-refractivity contribution in [1.82, 2.24) is 9.97 Å². The van der Waals surface area contributed by atoms with Crippen LogP contribution in [0, 0.1) is 0 Å². The molecular weight excluding hydrogens is 262 g/mol. The van der Waals surface area contributed by atoms with Gasteiger partial charge >= 0.3 is 0 Å². The Balaban J connectivity index is 2.81. The predicted molar refractivity (Wildman–Crippen MR) is 61.7 cm³/mol. The molecule has 1 aromatic rings. The molecule has 0 fully saturated rings. The van der Waals surface area contributed by atoms with Crippen molar-refractivity contribution in [3.05, 3.63) is 17.1 Å². The van der Waals surface area contributed by atoms with Crippen molar-refractivity contribution < 1.29 is 9.47 Å². The van der Waals surface area contributed by atoms with E-state index in [0.29, 0.717) is 24.3 Å². The van der Waals surface area contributed by atoms with Crippen LogP contribution in [0.25, 0.3) is 0 Å². The fraction of sp³-hybridized carbons (Fsp3) is 0.333. The molecule has 0 bridgehead atoms. The summed E-state index contributed by atoms with van der Waals surface area (Å²) in [7, 11) is 3.07. The molecule has 0 atom stereocenters. The quantitative estimate of drug-likeness (QED) is 0.887. The molecule has 5 nitrogen and oxygen atoms in total. The van der Waals surface area contributed by atoms with E-state index < -0.39 is 0 Å². The van der Waals surface area contributed by atoms with Gasteiger partial charge in [-0.25, -0.2) is 0 Å². The van der Waals surface area contributed by atoms with E-state index >= 15 is 0 Å². The van der Waals surface area contributed by atoms with E-state index in [2.05, 4.69) is 37.8 Å². The Hall–Kier alpha value is -1.30. The van der Waals surface area contributed by atoms with Gasteiger partial charge in [-0.3, -0.25) is 0 Å². The number of ether oxygens (including phenoxy) is 2. The monoisotopic (exact) mass is 273 g/mol. The highest BCUT2D eigenvalue weighted by atomic mass is 79.9. The van der Waals surface area contributed by atoms with Crippen LogP contribution < -0.4 is 14.8 Å². The van der Waals surface area contributed by atoms with Crippen LogP contribution in [-0.4, -0.2) is 30.7 Å². The maximum Gasteiger partial charge on any atom is 0.229 e. The zero-order chi connectivity index (χ0) is 11.3. The van der Waals surface area contributed by atoms with Gasteiger partial charge in [0.05, 0.1) is 20.3 Å². The number of nitrogens with zero attached hydrogens (tertiary/aromatic N) is 2. The molecule has 1 rings (SSSR count). The minimum atomic E-state index is 0.437. The van der Waals surface area contributed by atoms with Crippen molar-refractivity contribution in [2.24, 2.45) is 0 Å². The van der Waals surface area contributed by atoms with Crippen molar-refractivity contribution in [3.8, 4) is 11.8 Å². The second kappa shape index (κ2) is 5.55. The molecule has 0 spiro atoms. The highest BCUT2D eigenvalue weighted by molar-refractivity contribution is 9.11. The number of anilines is 1. The van der Waals surface area contributed by atoms with Gasteiger partial charge in [0.15, 0.2) is 0 Å². The number of rotatable bonds is 5. The maximum atomic E-state index is 5.00. The topological polar surface area (TPSA) is 56.3 Å². The minimum Gasteiger partial charge on any atom is -0.481 e. The van der Waals surface area contributed by atoms with Gasteiger partial charge < -0.3 is 14.8 Å². The van der Waals surface area contributed by atoms with E-state index in [-0.39, 0.29) is 0 Å². The first kappa shape index (κ1) is 11.8. The highest BCUT2D eigenvalue weighted by Crippen LogP contribution is 2.17. The van der Waals surface area contributed by atoms with Crippen LogP contribution in [-0.2, 0) is 0 Å². The molecule has 82 valence electrons. The summed E-state index contributed by atoms with van der Waals surface area (Å²) in [4.78, 5) is 8.17. The first-order valence-corrected chi connectivity index (χ1v) is 4.99. The Morgan fingerprint density at radius 2 is 1.93 bits per heavy atom. The van der Waals surface area contributed by atoms with Crippen LogP contribution in [0.4, 0.5) is 5.95 Å². The Morgan fingerprint density at radius 1 is 1.40 bits per heavy atom. The van der Waals surface area contributed by atoms with Crippen LogP contribution in [0.3, 0.4) is 0 Å². The maximum absolute atomic E-state index is 5.00. The Kier molecular flexibility index (Phi) is 4.36. The van der Waals surface area contributed by atoms with Gasteiger partial charge in [-0.2, -0.15) is 9.97 Å². The third-order valence-corrected chi connectivity index (χ3v) is 1.82. The summed E-state index contributed by atoms with van der Waals surface area (Å²) in [5, 5.41) is 2.96. The number of aromatic nitrogens is 2. The van der Waals surface area contributed by atoms with Crippen LogP contribution >= 0.6 is 15.9 Å². The molecule has 0 saturated heterocycles. The van der Waals surface area contributed by atoms with E-state index in [9.17, 15) is 0 Å². The Morgan fingerprint density at radius 3 is 2.33 bits per heavy atom. The summed E-state index contributed by atoms with van der Waals surface area (Å²) in [5.41, 5.74) is 0. The molecule has 1 aromatic heterocycles. The molecule has 0 aromatic carbocycles. The smallest absolute Gasteiger partial charge is 0.229 e. The van der Waals surface area contributed by atoms with Crippen molar-refractivity contribution in [2.75, 3.05) is 26.1 Å². The van der Waals surface area contributed by atoms with E-state index in [1.165, 1.54) is 14.2 Å². The Bertz CT molecular complexity index is 335. The largest absolute Gasteiger partial charge is 0.481 e. The molecule has 1 heterocycles. The molecular formula is C9H12BrN3O2. The van der Waals surface area contributed by atoms with Crippen molar-refractivity contribution in [2.45, 2.75) is 0 Å². The van der Waals surface area contributed by atoms with Gasteiger partial charge in [0.1, 0.15) is 0 Å². The lowest BCUT2D eigenvalue weighted by Gasteiger charge is -2.07. The first-order valence-electron chi connectivity index (χ1n) is 4.20. The molecule has 15 heavy (non-hydrogen) atoms. The number of nitrogens with one attached hydrogen (secondary N) is 1. The van der Waals surface area contributed by atoms with Crippen LogP contribution in [0.15, 0.2) is 17.1 Å². The van der Waals surface area contributed by atoms with Gasteiger partial charge in [0.25, 0.3) is 0 Å². The lowest BCUT2D eigenvalue weighted by Crippen LogP contribution is -2.06. The average molecular weight is 274 g/mol. The summed E-state index contributed by atoms with van der Waals surface area (Å²) >= 11 is 3.23. The average Bonchev–Trinajstić information content (AvgIpc) is 2.25. The van der Waals surface area contributed by atoms with Gasteiger partial charge in [0, 0.05) is 11.0 Å². The molecule has 1 N–H and O–H groups in total. The second-order valence-corrected chi connectivity index (χ2v) is 3.77. The van der Waals surface area contributed by atoms with Crippen molar-refractivity contribution >= 4 is 21.9 Å². The molecule has 0 unspecified atom stereocenters. The molecule has 0 amide bonds. The van der Waals surface area contributed by atoms with Crippen molar-refractivity contribution in [3.63, 3.8) is 0 Å². The van der Waals surface area contributed by atoms with Gasteiger partial charge in [-0.1, -0.05) is 22.5 Å². The zero-order valence-electron chi connectivity index (χ0n) is 8.58. The summed E-state index contributed by atoms with van der Waals surface area (Å²) in [5.74, 6) is 1.33. The number of hydrogen-bond donors (Lipinski definition) is 1. The molecule has 0 saturated carbocycles. The minimum absolute atomic E-state index is 0.437. The summed E-state index contributed by atoms with van der Waals surface area (Å²) in [6.45, 7) is 4.23. The van der Waals surface area contributed by atoms with Gasteiger partial charge in [0.2, 0.25) is 17.7 Å². The fourth-order valence-electron chi connectivity index (χ4n) is 0.867. The third-order valence-electron chi connectivity index (χ3n) is 1.54. The number of methoxy groups -OCH3 is 2. The van der Waals surface area contributed by atoms with Gasteiger partial charge in [-0.05, 0) is 0 Å². The molecule has 0 aliphatic carbocycles. The SMILES string of the molecule is C=C(Br)CNc1nc(OC)cc(OC)n1. The molecule has 0 aliphatic heterocycles. The molecule has 0 radical (unpaired) electrons. The third kappa shape index (κ3) is 3.75. The summed E-state index contributed by atoms with van der Waals surface area (Å²) < 4.78 is 10.8. The zero-order valence-corrected chi connectivity index (χ0v) is 10.2. The predicted octanol–water partition coefficient (Wildman–Crippen LogP) is 1.81. The first-order chi connectivity index (χ1) is 7.15. The lowest BCUT2D eigenvalue weighted by atomic mass is 10.5. The van der Waals surface area contributed by atoms with Crippen LogP contribution in [0.1, 0.15) is 0 Å². The highest BCUT2D eigenvalue weighted by Gasteiger charge is 2.04. The molecule has 6 heteroatoms. The lowest BCUT2D eigenvalue weighted by molar-refractivity contribution is 0.373. The number of halogens is 1. The summed E-state index contributed by atoms with van der Waals surface area (Å²) in [6, 6.07) is 1.61. The van der Waals surface area contributed by atoms with E-state index in [1.807, 2.05) is 0 Å². The number of hydrogen-bond acceptors (Lipinski definition) is 5. The second-order valence-electron chi connectivity index (χ2n) is 2.65. The Labute approximate surface area is 96.7 Å². The van der Waals surface area contributed by atoms with Crippen LogP contribution in [0.5, 0.6) is 11.8 Å².